The molecule has 0 aliphatic carbocycles. The van der Waals surface area contributed by atoms with E-state index in [9.17, 15) is 24.9 Å². The number of hydrazine groups is 1. The number of aryl methyl sites for hydroxylation is 1. The Hall–Kier alpha value is -4.93. The number of phenolic OH excluding ortho intramolecular Hbond substituents is 2. The third-order valence-electron chi connectivity index (χ3n) is 7.39. The van der Waals surface area contributed by atoms with Gasteiger partial charge in [0.1, 0.15) is 11.5 Å². The maximum atomic E-state index is 13.9. The molecule has 10 heteroatoms. The van der Waals surface area contributed by atoms with E-state index in [0.29, 0.717) is 49.4 Å². The number of nitrogens with zero attached hydrogens (tertiary/aromatic N) is 3. The van der Waals surface area contributed by atoms with Gasteiger partial charge in [-0.05, 0) is 41.5 Å². The summed E-state index contributed by atoms with van der Waals surface area (Å²) >= 11 is 0. The van der Waals surface area contributed by atoms with Crippen molar-refractivity contribution in [2.24, 2.45) is 7.05 Å². The Labute approximate surface area is 214 Å². The molecule has 2 amide bonds. The van der Waals surface area contributed by atoms with Crippen LogP contribution in [0.15, 0.2) is 54.9 Å². The lowest BCUT2D eigenvalue weighted by Gasteiger charge is -2.16. The second kappa shape index (κ2) is 7.78. The summed E-state index contributed by atoms with van der Waals surface area (Å²) in [4.78, 5) is 35.3. The van der Waals surface area contributed by atoms with E-state index in [4.69, 9.17) is 0 Å². The van der Waals surface area contributed by atoms with Crippen LogP contribution in [0.2, 0.25) is 0 Å². The number of nitrogens with one attached hydrogen (secondary N) is 2. The van der Waals surface area contributed by atoms with Crippen LogP contribution in [0.4, 0.5) is 0 Å². The van der Waals surface area contributed by atoms with Crippen molar-refractivity contribution >= 4 is 55.4 Å². The van der Waals surface area contributed by atoms with Crippen LogP contribution in [0.5, 0.6) is 11.5 Å². The molecule has 3 aromatic carbocycles. The number of aromatic amines is 1. The highest BCUT2D eigenvalue weighted by Gasteiger charge is 2.41. The SMILES string of the molecule is Cn1c2cc(O)ccc2c2c3c(c4c5ccc(O)cc5[nH]c4c21)C(=O)N(NCc1cnccc1CO)C3=O. The molecule has 188 valence electrons. The molecule has 1 aliphatic rings. The summed E-state index contributed by atoms with van der Waals surface area (Å²) in [6.45, 7) is -0.0966. The van der Waals surface area contributed by atoms with Crippen LogP contribution in [0.1, 0.15) is 31.8 Å². The van der Waals surface area contributed by atoms with Crippen LogP contribution in [-0.2, 0) is 20.2 Å². The van der Waals surface area contributed by atoms with Crippen LogP contribution in [0, 0.1) is 0 Å². The molecule has 0 saturated heterocycles. The topological polar surface area (TPSA) is 144 Å². The van der Waals surface area contributed by atoms with Gasteiger partial charge in [0.25, 0.3) is 11.8 Å². The molecule has 1 aliphatic heterocycles. The number of amides is 2. The van der Waals surface area contributed by atoms with Crippen molar-refractivity contribution in [3.63, 3.8) is 0 Å². The van der Waals surface area contributed by atoms with Crippen molar-refractivity contribution in [1.29, 1.82) is 0 Å². The molecule has 10 nitrogen and oxygen atoms in total. The summed E-state index contributed by atoms with van der Waals surface area (Å²) in [5.74, 6) is -0.850. The zero-order chi connectivity index (χ0) is 26.3. The lowest BCUT2D eigenvalue weighted by molar-refractivity contribution is 0.0563. The highest BCUT2D eigenvalue weighted by molar-refractivity contribution is 6.39. The van der Waals surface area contributed by atoms with Crippen molar-refractivity contribution in [1.82, 2.24) is 25.0 Å². The number of pyridine rings is 1. The number of aliphatic hydroxyl groups is 1. The number of rotatable bonds is 4. The Morgan fingerprint density at radius 1 is 0.921 bits per heavy atom. The normalized spacial score (nSPS) is 13.6. The highest BCUT2D eigenvalue weighted by Crippen LogP contribution is 2.45. The average Bonchev–Trinajstić information content (AvgIpc) is 3.50. The summed E-state index contributed by atoms with van der Waals surface area (Å²) in [6.07, 6.45) is 3.15. The number of aliphatic hydroxyl groups excluding tert-OH is 1. The van der Waals surface area contributed by atoms with Crippen molar-refractivity contribution in [2.45, 2.75) is 13.2 Å². The zero-order valence-electron chi connectivity index (χ0n) is 20.1. The lowest BCUT2D eigenvalue weighted by Crippen LogP contribution is -2.42. The van der Waals surface area contributed by atoms with Gasteiger partial charge in [-0.15, -0.1) is 0 Å². The molecule has 0 saturated carbocycles. The number of carbonyl (C=O) groups excluding carboxylic acids is 2. The maximum absolute atomic E-state index is 13.9. The Morgan fingerprint density at radius 2 is 1.63 bits per heavy atom. The van der Waals surface area contributed by atoms with E-state index in [-0.39, 0.29) is 35.8 Å². The van der Waals surface area contributed by atoms with Crippen molar-refractivity contribution in [3.05, 3.63) is 77.1 Å². The number of hydrogen-bond acceptors (Lipinski definition) is 7. The van der Waals surface area contributed by atoms with E-state index < -0.39 is 11.8 Å². The van der Waals surface area contributed by atoms with Crippen LogP contribution >= 0.6 is 0 Å². The summed E-state index contributed by atoms with van der Waals surface area (Å²) in [6, 6.07) is 11.4. The average molecular weight is 508 g/mol. The van der Waals surface area contributed by atoms with Crippen molar-refractivity contribution < 1.29 is 24.9 Å². The second-order valence-electron chi connectivity index (χ2n) is 9.42. The summed E-state index contributed by atoms with van der Waals surface area (Å²) in [7, 11) is 1.84. The van der Waals surface area contributed by atoms with Gasteiger partial charge in [0.2, 0.25) is 0 Å². The van der Waals surface area contributed by atoms with Gasteiger partial charge in [-0.25, -0.2) is 10.4 Å². The number of benzene rings is 3. The van der Waals surface area contributed by atoms with Crippen LogP contribution in [0.3, 0.4) is 0 Å². The van der Waals surface area contributed by atoms with Gasteiger partial charge in [-0.2, -0.15) is 0 Å². The summed E-state index contributed by atoms with van der Waals surface area (Å²) < 4.78 is 1.89. The van der Waals surface area contributed by atoms with E-state index in [1.165, 1.54) is 0 Å². The van der Waals surface area contributed by atoms with Crippen LogP contribution in [0.25, 0.3) is 43.6 Å². The molecule has 0 bridgehead atoms. The monoisotopic (exact) mass is 507 g/mol. The molecular formula is C28H21N5O5. The first-order valence-electron chi connectivity index (χ1n) is 12.0. The Bertz CT molecular complexity index is 2000. The third kappa shape index (κ3) is 2.86. The lowest BCUT2D eigenvalue weighted by atomic mass is 9.96. The zero-order valence-corrected chi connectivity index (χ0v) is 20.1. The number of aromatic nitrogens is 3. The Morgan fingerprint density at radius 3 is 2.39 bits per heavy atom. The third-order valence-corrected chi connectivity index (χ3v) is 7.39. The fraction of sp³-hybridized carbons (Fsp3) is 0.107. The summed E-state index contributed by atoms with van der Waals surface area (Å²) in [5, 5.41) is 33.6. The van der Waals surface area contributed by atoms with E-state index >= 15 is 0 Å². The largest absolute Gasteiger partial charge is 0.508 e. The first-order chi connectivity index (χ1) is 18.4. The smallest absolute Gasteiger partial charge is 0.276 e. The van der Waals surface area contributed by atoms with Gasteiger partial charge in [-0.3, -0.25) is 14.6 Å². The minimum atomic E-state index is -0.504. The molecule has 7 rings (SSSR count). The molecule has 0 unspecified atom stereocenters. The van der Waals surface area contributed by atoms with E-state index in [1.807, 2.05) is 11.6 Å². The fourth-order valence-electron chi connectivity index (χ4n) is 5.66. The van der Waals surface area contributed by atoms with E-state index in [0.717, 1.165) is 10.4 Å². The first kappa shape index (κ1) is 22.3. The van der Waals surface area contributed by atoms with Gasteiger partial charge in [0.15, 0.2) is 0 Å². The van der Waals surface area contributed by atoms with Gasteiger partial charge < -0.3 is 24.9 Å². The van der Waals surface area contributed by atoms with Crippen LogP contribution < -0.4 is 5.43 Å². The highest BCUT2D eigenvalue weighted by atomic mass is 16.3. The number of fused-ring (bicyclic) bond motifs is 10. The Balaban J connectivity index is 1.52. The fourth-order valence-corrected chi connectivity index (χ4v) is 5.66. The standard InChI is InChI=1S/C28H21N5O5/c1-32-20-9-16(36)3-5-18(20)22-24-23(21-17-4-2-15(35)8-19(17)31-25(21)26(22)32)27(37)33(28(24)38)30-11-14-10-29-7-6-13(14)12-34/h2-10,30-31,34-36H,11-12H2,1H3. The Kier molecular flexibility index (Phi) is 4.56. The maximum Gasteiger partial charge on any atom is 0.276 e. The molecule has 38 heavy (non-hydrogen) atoms. The molecule has 6 aromatic rings. The molecule has 0 radical (unpaired) electrons. The molecule has 0 spiro atoms. The minimum Gasteiger partial charge on any atom is -0.508 e. The number of carbonyl (C=O) groups is 2. The van der Waals surface area contributed by atoms with Crippen LogP contribution in [-0.4, -0.2) is 46.7 Å². The second-order valence-corrected chi connectivity index (χ2v) is 9.42. The van der Waals surface area contributed by atoms with Crippen molar-refractivity contribution in [2.75, 3.05) is 0 Å². The molecular weight excluding hydrogens is 486 g/mol. The molecule has 5 N–H and O–H groups in total. The number of hydrogen-bond donors (Lipinski definition) is 5. The molecule has 0 atom stereocenters. The first-order valence-corrected chi connectivity index (χ1v) is 12.0. The minimum absolute atomic E-state index is 0.0702. The number of H-pyrrole nitrogens is 1. The number of aromatic hydroxyl groups is 2. The molecule has 0 fully saturated rings. The summed E-state index contributed by atoms with van der Waals surface area (Å²) in [5.41, 5.74) is 7.44. The van der Waals surface area contributed by atoms with Gasteiger partial charge in [0.05, 0.1) is 39.8 Å². The number of imide groups is 1. The van der Waals surface area contributed by atoms with Gasteiger partial charge in [0, 0.05) is 59.7 Å². The quantitative estimate of drug-likeness (QED) is 0.230. The molecule has 4 heterocycles. The van der Waals surface area contributed by atoms with E-state index in [1.54, 1.807) is 54.9 Å². The molecule has 3 aromatic heterocycles. The number of phenols is 2. The predicted molar refractivity (Wildman–Crippen MR) is 141 cm³/mol. The van der Waals surface area contributed by atoms with Gasteiger partial charge in [-0.1, -0.05) is 0 Å². The van der Waals surface area contributed by atoms with E-state index in [2.05, 4.69) is 15.4 Å². The van der Waals surface area contributed by atoms with Gasteiger partial charge >= 0.3 is 0 Å². The van der Waals surface area contributed by atoms with Crippen molar-refractivity contribution in [3.8, 4) is 11.5 Å². The predicted octanol–water partition coefficient (Wildman–Crippen LogP) is 3.57.